The summed E-state index contributed by atoms with van der Waals surface area (Å²) in [6.07, 6.45) is 3.20. The molecule has 7 heteroatoms. The Labute approximate surface area is 202 Å². The molecule has 4 aromatic rings. The fourth-order valence-corrected chi connectivity index (χ4v) is 3.97. The van der Waals surface area contributed by atoms with E-state index in [0.29, 0.717) is 33.5 Å². The van der Waals surface area contributed by atoms with Crippen LogP contribution >= 0.6 is 11.6 Å². The topological polar surface area (TPSA) is 69.9 Å². The molecule has 1 amide bonds. The molecule has 0 fully saturated rings. The Bertz CT molecular complexity index is 1390. The number of furan rings is 1. The maximum atomic E-state index is 12.6. The first kappa shape index (κ1) is 23.3. The number of allylic oxidation sites excluding steroid dienone is 1. The number of fused-ring (bicyclic) bond motifs is 1. The molecule has 1 heterocycles. The first-order valence-electron chi connectivity index (χ1n) is 10.5. The number of hydrogen-bond acceptors (Lipinski definition) is 5. The molecule has 34 heavy (non-hydrogen) atoms. The minimum absolute atomic E-state index is 0.274. The van der Waals surface area contributed by atoms with E-state index in [2.05, 4.69) is 5.32 Å². The lowest BCUT2D eigenvalue weighted by molar-refractivity contribution is -0.111. The summed E-state index contributed by atoms with van der Waals surface area (Å²) in [7, 11) is 4.82. The van der Waals surface area contributed by atoms with Gasteiger partial charge in [0.2, 0.25) is 5.91 Å². The molecule has 0 saturated heterocycles. The van der Waals surface area contributed by atoms with Gasteiger partial charge in [-0.15, -0.1) is 0 Å². The van der Waals surface area contributed by atoms with Crippen LogP contribution in [0.3, 0.4) is 0 Å². The standard InChI is InChI=1S/C27H24ClNO5/c1-16(10-27(30)29-18-7-5-6-17(28)11-18)20-13-22-23(15-34-26(22)14-25(20)33-4)21-12-19(31-2)8-9-24(21)32-3/h5-15H,1-4H3,(H,29,30)/b16-10+. The van der Waals surface area contributed by atoms with Gasteiger partial charge in [0.1, 0.15) is 22.8 Å². The van der Waals surface area contributed by atoms with Crippen molar-refractivity contribution in [2.24, 2.45) is 0 Å². The van der Waals surface area contributed by atoms with Crippen molar-refractivity contribution >= 4 is 39.7 Å². The lowest BCUT2D eigenvalue weighted by Crippen LogP contribution is -2.08. The number of hydrogen-bond donors (Lipinski definition) is 1. The van der Waals surface area contributed by atoms with Gasteiger partial charge in [-0.1, -0.05) is 17.7 Å². The molecule has 0 bridgehead atoms. The molecule has 6 nitrogen and oxygen atoms in total. The van der Waals surface area contributed by atoms with Gasteiger partial charge in [0.15, 0.2) is 0 Å². The summed E-state index contributed by atoms with van der Waals surface area (Å²) in [5.41, 5.74) is 4.43. The van der Waals surface area contributed by atoms with Gasteiger partial charge in [-0.05, 0) is 55.0 Å². The normalized spacial score (nSPS) is 11.4. The van der Waals surface area contributed by atoms with E-state index in [0.717, 1.165) is 27.6 Å². The Morgan fingerprint density at radius 3 is 2.44 bits per heavy atom. The Hall–Kier alpha value is -3.90. The highest BCUT2D eigenvalue weighted by Crippen LogP contribution is 2.41. The molecule has 0 saturated carbocycles. The van der Waals surface area contributed by atoms with Gasteiger partial charge in [0.05, 0.1) is 27.6 Å². The number of amides is 1. The maximum absolute atomic E-state index is 12.6. The highest BCUT2D eigenvalue weighted by atomic mass is 35.5. The Balaban J connectivity index is 1.76. The number of anilines is 1. The number of carbonyl (C=O) groups excluding carboxylic acids is 1. The molecule has 0 aliphatic heterocycles. The van der Waals surface area contributed by atoms with E-state index in [-0.39, 0.29) is 5.91 Å². The summed E-state index contributed by atoms with van der Waals surface area (Å²) >= 11 is 6.01. The fourth-order valence-electron chi connectivity index (χ4n) is 3.78. The molecule has 1 aromatic heterocycles. The van der Waals surface area contributed by atoms with Gasteiger partial charge in [-0.3, -0.25) is 4.79 Å². The quantitative estimate of drug-likeness (QED) is 0.296. The number of ether oxygens (including phenoxy) is 3. The summed E-state index contributed by atoms with van der Waals surface area (Å²) in [5, 5.41) is 4.23. The SMILES string of the molecule is COc1ccc(OC)c(-c2coc3cc(OC)c(/C(C)=C/C(=O)Nc4cccc(Cl)c4)cc23)c1. The Morgan fingerprint density at radius 1 is 0.941 bits per heavy atom. The second-order valence-electron chi connectivity index (χ2n) is 7.59. The van der Waals surface area contributed by atoms with Crippen LogP contribution in [0.25, 0.3) is 27.7 Å². The molecular formula is C27H24ClNO5. The molecule has 174 valence electrons. The van der Waals surface area contributed by atoms with Crippen LogP contribution in [0.15, 0.2) is 71.4 Å². The molecule has 4 rings (SSSR count). The third-order valence-corrected chi connectivity index (χ3v) is 5.69. The number of halogens is 1. The second-order valence-corrected chi connectivity index (χ2v) is 8.03. The average Bonchev–Trinajstić information content (AvgIpc) is 3.25. The van der Waals surface area contributed by atoms with Gasteiger partial charge in [-0.25, -0.2) is 0 Å². The Kier molecular flexibility index (Phi) is 6.80. The summed E-state index contributed by atoms with van der Waals surface area (Å²) < 4.78 is 22.4. The molecule has 0 unspecified atom stereocenters. The highest BCUT2D eigenvalue weighted by molar-refractivity contribution is 6.31. The monoisotopic (exact) mass is 477 g/mol. The zero-order valence-electron chi connectivity index (χ0n) is 19.3. The van der Waals surface area contributed by atoms with E-state index in [1.807, 2.05) is 37.3 Å². The van der Waals surface area contributed by atoms with E-state index in [4.69, 9.17) is 30.2 Å². The van der Waals surface area contributed by atoms with Gasteiger partial charge in [0, 0.05) is 44.9 Å². The number of carbonyl (C=O) groups is 1. The van der Waals surface area contributed by atoms with Crippen molar-refractivity contribution in [3.05, 3.63) is 77.5 Å². The van der Waals surface area contributed by atoms with E-state index in [9.17, 15) is 4.79 Å². The first-order chi connectivity index (χ1) is 16.4. The minimum atomic E-state index is -0.274. The predicted octanol–water partition coefficient (Wildman–Crippen LogP) is 6.82. The van der Waals surface area contributed by atoms with Crippen molar-refractivity contribution in [1.29, 1.82) is 0 Å². The summed E-state index contributed by atoms with van der Waals surface area (Å²) in [4.78, 5) is 12.6. The van der Waals surface area contributed by atoms with Crippen LogP contribution in [-0.4, -0.2) is 27.2 Å². The minimum Gasteiger partial charge on any atom is -0.497 e. The Morgan fingerprint density at radius 2 is 1.74 bits per heavy atom. The molecule has 1 N–H and O–H groups in total. The molecule has 0 aliphatic carbocycles. The van der Waals surface area contributed by atoms with Gasteiger partial charge in [0.25, 0.3) is 0 Å². The van der Waals surface area contributed by atoms with Crippen LogP contribution in [0.1, 0.15) is 12.5 Å². The lowest BCUT2D eigenvalue weighted by Gasteiger charge is -2.12. The van der Waals surface area contributed by atoms with Crippen LogP contribution in [0.5, 0.6) is 17.2 Å². The van der Waals surface area contributed by atoms with Crippen LogP contribution in [0.4, 0.5) is 5.69 Å². The zero-order chi connectivity index (χ0) is 24.2. The van der Waals surface area contributed by atoms with Crippen molar-refractivity contribution in [3.8, 4) is 28.4 Å². The summed E-state index contributed by atoms with van der Waals surface area (Å²) in [6, 6.07) is 16.3. The van der Waals surface area contributed by atoms with Crippen LogP contribution in [-0.2, 0) is 4.79 Å². The van der Waals surface area contributed by atoms with E-state index in [1.54, 1.807) is 51.9 Å². The average molecular weight is 478 g/mol. The van der Waals surface area contributed by atoms with E-state index in [1.165, 1.54) is 6.08 Å². The lowest BCUT2D eigenvalue weighted by atomic mass is 9.98. The molecule has 3 aromatic carbocycles. The molecule has 0 aliphatic rings. The van der Waals surface area contributed by atoms with Crippen molar-refractivity contribution in [2.45, 2.75) is 6.92 Å². The smallest absolute Gasteiger partial charge is 0.248 e. The summed E-state index contributed by atoms with van der Waals surface area (Å²) in [5.74, 6) is 1.71. The van der Waals surface area contributed by atoms with Crippen molar-refractivity contribution in [1.82, 2.24) is 0 Å². The van der Waals surface area contributed by atoms with Crippen molar-refractivity contribution in [3.63, 3.8) is 0 Å². The molecular weight excluding hydrogens is 454 g/mol. The third-order valence-electron chi connectivity index (χ3n) is 5.46. The summed E-state index contributed by atoms with van der Waals surface area (Å²) in [6.45, 7) is 1.85. The largest absolute Gasteiger partial charge is 0.497 e. The van der Waals surface area contributed by atoms with Crippen LogP contribution < -0.4 is 19.5 Å². The van der Waals surface area contributed by atoms with Gasteiger partial charge in [-0.2, -0.15) is 0 Å². The van der Waals surface area contributed by atoms with Crippen molar-refractivity contribution in [2.75, 3.05) is 26.6 Å². The van der Waals surface area contributed by atoms with Crippen LogP contribution in [0.2, 0.25) is 5.02 Å². The van der Waals surface area contributed by atoms with E-state index >= 15 is 0 Å². The number of methoxy groups -OCH3 is 3. The van der Waals surface area contributed by atoms with Gasteiger partial charge < -0.3 is 23.9 Å². The molecule has 0 radical (unpaired) electrons. The fraction of sp³-hybridized carbons (Fsp3) is 0.148. The molecule has 0 atom stereocenters. The predicted molar refractivity (Wildman–Crippen MR) is 135 cm³/mol. The van der Waals surface area contributed by atoms with Crippen LogP contribution in [0, 0.1) is 0 Å². The zero-order valence-corrected chi connectivity index (χ0v) is 20.0. The second kappa shape index (κ2) is 9.93. The van der Waals surface area contributed by atoms with E-state index < -0.39 is 0 Å². The van der Waals surface area contributed by atoms with Crippen molar-refractivity contribution < 1.29 is 23.4 Å². The number of nitrogens with one attached hydrogen (secondary N) is 1. The highest BCUT2D eigenvalue weighted by Gasteiger charge is 2.18. The maximum Gasteiger partial charge on any atom is 0.248 e. The third kappa shape index (κ3) is 4.72. The first-order valence-corrected chi connectivity index (χ1v) is 10.9. The molecule has 0 spiro atoms. The number of benzene rings is 3. The van der Waals surface area contributed by atoms with Gasteiger partial charge >= 0.3 is 0 Å². The number of rotatable bonds is 7.